The quantitative estimate of drug-likeness (QED) is 0.602. The summed E-state index contributed by atoms with van der Waals surface area (Å²) >= 11 is 0. The van der Waals surface area contributed by atoms with Crippen molar-refractivity contribution < 1.29 is 9.18 Å². The van der Waals surface area contributed by atoms with Crippen LogP contribution in [0.3, 0.4) is 0 Å². The van der Waals surface area contributed by atoms with Gasteiger partial charge in [-0.15, -0.1) is 5.10 Å². The first-order valence-electron chi connectivity index (χ1n) is 8.00. The SMILES string of the molecule is CN(C)c1ccc(C(=O)n2nc(N)c3cc4ccc(F)cc4nc32)cc1. The first-order chi connectivity index (χ1) is 12.4. The van der Waals surface area contributed by atoms with E-state index in [1.165, 1.54) is 16.8 Å². The molecule has 0 atom stereocenters. The Balaban J connectivity index is 1.86. The molecule has 6 nitrogen and oxygen atoms in total. The molecule has 0 saturated carbocycles. The van der Waals surface area contributed by atoms with Crippen LogP contribution < -0.4 is 10.6 Å². The number of benzene rings is 2. The lowest BCUT2D eigenvalue weighted by molar-refractivity contribution is 0.0950. The van der Waals surface area contributed by atoms with Gasteiger partial charge in [-0.05, 0) is 42.5 Å². The number of rotatable bonds is 2. The maximum Gasteiger partial charge on any atom is 0.280 e. The molecule has 0 fully saturated rings. The van der Waals surface area contributed by atoms with Crippen LogP contribution in [-0.4, -0.2) is 34.8 Å². The predicted octanol–water partition coefficient (Wildman–Crippen LogP) is 3.06. The maximum atomic E-state index is 13.5. The van der Waals surface area contributed by atoms with Gasteiger partial charge < -0.3 is 10.6 Å². The van der Waals surface area contributed by atoms with Gasteiger partial charge in [0.05, 0.1) is 10.9 Å². The molecule has 0 aliphatic heterocycles. The molecule has 0 amide bonds. The second-order valence-electron chi connectivity index (χ2n) is 6.24. The summed E-state index contributed by atoms with van der Waals surface area (Å²) in [5, 5.41) is 5.43. The van der Waals surface area contributed by atoms with Gasteiger partial charge in [-0.25, -0.2) is 9.37 Å². The Morgan fingerprint density at radius 1 is 1.12 bits per heavy atom. The molecule has 0 radical (unpaired) electrons. The minimum Gasteiger partial charge on any atom is -0.382 e. The molecule has 0 saturated heterocycles. The van der Waals surface area contributed by atoms with E-state index in [0.717, 1.165) is 11.1 Å². The van der Waals surface area contributed by atoms with E-state index in [-0.39, 0.29) is 11.7 Å². The number of pyridine rings is 1. The number of halogens is 1. The minimum absolute atomic E-state index is 0.206. The van der Waals surface area contributed by atoms with Gasteiger partial charge in [-0.3, -0.25) is 4.79 Å². The molecule has 0 spiro atoms. The number of anilines is 2. The van der Waals surface area contributed by atoms with Crippen molar-refractivity contribution in [3.8, 4) is 0 Å². The van der Waals surface area contributed by atoms with Gasteiger partial charge in [0.2, 0.25) is 0 Å². The highest BCUT2D eigenvalue weighted by atomic mass is 19.1. The van der Waals surface area contributed by atoms with Crippen molar-refractivity contribution in [2.45, 2.75) is 0 Å². The zero-order valence-corrected chi connectivity index (χ0v) is 14.3. The van der Waals surface area contributed by atoms with Gasteiger partial charge in [0, 0.05) is 36.8 Å². The van der Waals surface area contributed by atoms with Crippen LogP contribution >= 0.6 is 0 Å². The largest absolute Gasteiger partial charge is 0.382 e. The molecule has 2 aromatic carbocycles. The van der Waals surface area contributed by atoms with Gasteiger partial charge in [0.25, 0.3) is 5.91 Å². The third-order valence-electron chi connectivity index (χ3n) is 4.27. The second-order valence-corrected chi connectivity index (χ2v) is 6.24. The van der Waals surface area contributed by atoms with E-state index in [2.05, 4.69) is 10.1 Å². The van der Waals surface area contributed by atoms with Crippen LogP contribution in [0.5, 0.6) is 0 Å². The van der Waals surface area contributed by atoms with Crippen LogP contribution in [0.25, 0.3) is 21.9 Å². The third-order valence-corrected chi connectivity index (χ3v) is 4.27. The summed E-state index contributed by atoms with van der Waals surface area (Å²) in [6.45, 7) is 0. The van der Waals surface area contributed by atoms with Crippen molar-refractivity contribution in [2.75, 3.05) is 24.7 Å². The van der Waals surface area contributed by atoms with Gasteiger partial charge in [0.1, 0.15) is 5.82 Å². The number of carbonyl (C=O) groups is 1. The van der Waals surface area contributed by atoms with Gasteiger partial charge in [-0.1, -0.05) is 0 Å². The first kappa shape index (κ1) is 16.0. The van der Waals surface area contributed by atoms with Crippen molar-refractivity contribution in [3.05, 3.63) is 59.9 Å². The van der Waals surface area contributed by atoms with Gasteiger partial charge in [-0.2, -0.15) is 4.68 Å². The van der Waals surface area contributed by atoms with Gasteiger partial charge >= 0.3 is 0 Å². The summed E-state index contributed by atoms with van der Waals surface area (Å²) in [6, 6.07) is 13.2. The number of nitrogen functional groups attached to an aromatic ring is 1. The third kappa shape index (κ3) is 2.54. The number of aromatic nitrogens is 3. The summed E-state index contributed by atoms with van der Waals surface area (Å²) in [7, 11) is 3.85. The minimum atomic E-state index is -0.394. The Labute approximate surface area is 148 Å². The first-order valence-corrected chi connectivity index (χ1v) is 8.00. The van der Waals surface area contributed by atoms with Crippen LogP contribution in [-0.2, 0) is 0 Å². The van der Waals surface area contributed by atoms with Crippen LogP contribution in [0.1, 0.15) is 10.4 Å². The summed E-state index contributed by atoms with van der Waals surface area (Å²) in [5.74, 6) is -0.536. The lowest BCUT2D eigenvalue weighted by Gasteiger charge is -2.12. The molecular formula is C19H16FN5O. The topological polar surface area (TPSA) is 77.0 Å². The number of hydrogen-bond donors (Lipinski definition) is 1. The number of nitrogens with two attached hydrogens (primary N) is 1. The zero-order chi connectivity index (χ0) is 18.4. The standard InChI is InChI=1S/C19H16FN5O/c1-24(2)14-7-4-11(5-8-14)19(26)25-18-15(17(21)23-25)9-12-3-6-13(20)10-16(12)22-18/h3-10H,1-2H3,(H2,21,23). The lowest BCUT2D eigenvalue weighted by Crippen LogP contribution is -2.15. The van der Waals surface area contributed by atoms with Crippen molar-refractivity contribution in [1.29, 1.82) is 0 Å². The van der Waals surface area contributed by atoms with E-state index in [1.54, 1.807) is 24.3 Å². The number of fused-ring (bicyclic) bond motifs is 2. The van der Waals surface area contributed by atoms with Crippen LogP contribution in [0, 0.1) is 5.82 Å². The van der Waals surface area contributed by atoms with Crippen LogP contribution in [0.4, 0.5) is 15.9 Å². The van der Waals surface area contributed by atoms with Crippen molar-refractivity contribution in [3.63, 3.8) is 0 Å². The van der Waals surface area contributed by atoms with E-state index < -0.39 is 5.82 Å². The molecule has 2 N–H and O–H groups in total. The van der Waals surface area contributed by atoms with Crippen LogP contribution in [0.15, 0.2) is 48.5 Å². The van der Waals surface area contributed by atoms with Gasteiger partial charge in [0.15, 0.2) is 11.5 Å². The average molecular weight is 349 g/mol. The van der Waals surface area contributed by atoms with E-state index >= 15 is 0 Å². The maximum absolute atomic E-state index is 13.5. The lowest BCUT2D eigenvalue weighted by atomic mass is 10.1. The van der Waals surface area contributed by atoms with E-state index in [9.17, 15) is 9.18 Å². The number of nitrogens with zero attached hydrogens (tertiary/aromatic N) is 4. The van der Waals surface area contributed by atoms with E-state index in [1.807, 2.05) is 31.1 Å². The van der Waals surface area contributed by atoms with E-state index in [0.29, 0.717) is 22.1 Å². The zero-order valence-electron chi connectivity index (χ0n) is 14.3. The molecule has 7 heteroatoms. The Kier molecular flexibility index (Phi) is 3.57. The predicted molar refractivity (Wildman–Crippen MR) is 99.9 cm³/mol. The fourth-order valence-electron chi connectivity index (χ4n) is 2.86. The summed E-state index contributed by atoms with van der Waals surface area (Å²) in [4.78, 5) is 19.2. The Morgan fingerprint density at radius 2 is 1.85 bits per heavy atom. The summed E-state index contributed by atoms with van der Waals surface area (Å²) < 4.78 is 14.7. The van der Waals surface area contributed by atoms with Crippen molar-refractivity contribution in [2.24, 2.45) is 0 Å². The van der Waals surface area contributed by atoms with Crippen molar-refractivity contribution >= 4 is 39.3 Å². The molecule has 0 aliphatic rings. The molecule has 26 heavy (non-hydrogen) atoms. The highest BCUT2D eigenvalue weighted by Crippen LogP contribution is 2.25. The molecule has 2 aromatic heterocycles. The number of hydrogen-bond acceptors (Lipinski definition) is 5. The van der Waals surface area contributed by atoms with Crippen molar-refractivity contribution in [1.82, 2.24) is 14.8 Å². The summed E-state index contributed by atoms with van der Waals surface area (Å²) in [5.41, 5.74) is 8.16. The Morgan fingerprint density at radius 3 is 2.54 bits per heavy atom. The molecule has 0 aliphatic carbocycles. The fourth-order valence-corrected chi connectivity index (χ4v) is 2.86. The molecule has 130 valence electrons. The molecule has 0 bridgehead atoms. The average Bonchev–Trinajstić information content (AvgIpc) is 2.95. The van der Waals surface area contributed by atoms with E-state index in [4.69, 9.17) is 5.73 Å². The molecule has 4 aromatic rings. The molecule has 0 unspecified atom stereocenters. The second kappa shape index (κ2) is 5.80. The summed E-state index contributed by atoms with van der Waals surface area (Å²) in [6.07, 6.45) is 0. The highest BCUT2D eigenvalue weighted by Gasteiger charge is 2.18. The Bertz CT molecular complexity index is 1150. The molecule has 4 rings (SSSR count). The fraction of sp³-hybridized carbons (Fsp3) is 0.105. The smallest absolute Gasteiger partial charge is 0.280 e. The van der Waals surface area contributed by atoms with Crippen LogP contribution in [0.2, 0.25) is 0 Å². The Hall–Kier alpha value is -3.48. The number of carbonyl (C=O) groups excluding carboxylic acids is 1. The molecular weight excluding hydrogens is 333 g/mol. The monoisotopic (exact) mass is 349 g/mol. The highest BCUT2D eigenvalue weighted by molar-refractivity contribution is 6.05. The molecule has 2 heterocycles. The normalized spacial score (nSPS) is 11.2.